The van der Waals surface area contributed by atoms with E-state index in [-0.39, 0.29) is 18.1 Å². The fraction of sp³-hybridized carbons (Fsp3) is 0.500. The van der Waals surface area contributed by atoms with Crippen molar-refractivity contribution in [1.29, 1.82) is 0 Å². The van der Waals surface area contributed by atoms with Crippen molar-refractivity contribution in [1.82, 2.24) is 4.90 Å². The lowest BCUT2D eigenvalue weighted by atomic mass is 9.80. The Labute approximate surface area is 144 Å². The molecule has 2 heterocycles. The van der Waals surface area contributed by atoms with Crippen LogP contribution < -0.4 is 9.47 Å². The summed E-state index contributed by atoms with van der Waals surface area (Å²) >= 11 is 0.609. The van der Waals surface area contributed by atoms with Crippen LogP contribution in [0.4, 0.5) is 0 Å². The highest BCUT2D eigenvalue weighted by Gasteiger charge is 2.45. The maximum Gasteiger partial charge on any atom is 0.198 e. The lowest BCUT2D eigenvalue weighted by molar-refractivity contribution is -0.434. The van der Waals surface area contributed by atoms with E-state index >= 15 is 0 Å². The highest BCUT2D eigenvalue weighted by molar-refractivity contribution is 7.89. The minimum Gasteiger partial charge on any atom is -0.493 e. The Morgan fingerprint density at radius 3 is 3.00 bits per heavy atom. The number of methoxy groups -OCH3 is 1. The standard InChI is InChI=1S/C16H19NO6S/c1-17-7-9-3-4-12(19-2)16-15(9)14-10(8-17)5-11(6-13(14)20-16)21-24-23-22-18/h3-5,11,13-14,18H,6-8H2,1-2H3. The van der Waals surface area contributed by atoms with Crippen LogP contribution in [0.15, 0.2) is 23.8 Å². The van der Waals surface area contributed by atoms with Gasteiger partial charge < -0.3 is 9.47 Å². The van der Waals surface area contributed by atoms with E-state index in [2.05, 4.69) is 33.5 Å². The molecular weight excluding hydrogens is 334 g/mol. The van der Waals surface area contributed by atoms with Crippen molar-refractivity contribution >= 4 is 12.3 Å². The number of likely N-dealkylation sites (N-methyl/N-ethyl adjacent to an activating group) is 1. The third-order valence-electron chi connectivity index (χ3n) is 4.80. The SMILES string of the molecule is COc1ccc2c3c1OC1CC(OSOOO)C=C(CN(C)C2)C31. The molecule has 0 saturated carbocycles. The molecule has 1 aromatic carbocycles. The van der Waals surface area contributed by atoms with Gasteiger partial charge in [-0.25, -0.2) is 5.26 Å². The maximum absolute atomic E-state index is 8.22. The molecule has 0 saturated heterocycles. The first-order valence-corrected chi connectivity index (χ1v) is 8.43. The Kier molecular flexibility index (Phi) is 4.42. The summed E-state index contributed by atoms with van der Waals surface area (Å²) in [5.74, 6) is 1.86. The highest BCUT2D eigenvalue weighted by atomic mass is 32.2. The van der Waals surface area contributed by atoms with Gasteiger partial charge >= 0.3 is 0 Å². The summed E-state index contributed by atoms with van der Waals surface area (Å²) in [6.07, 6.45) is 2.63. The van der Waals surface area contributed by atoms with E-state index in [9.17, 15) is 0 Å². The molecule has 0 bridgehead atoms. The van der Waals surface area contributed by atoms with Gasteiger partial charge in [-0.1, -0.05) is 17.2 Å². The zero-order valence-corrected chi connectivity index (χ0v) is 14.2. The van der Waals surface area contributed by atoms with Crippen molar-refractivity contribution in [2.45, 2.75) is 31.1 Å². The van der Waals surface area contributed by atoms with E-state index in [1.54, 1.807) is 7.11 Å². The molecule has 4 rings (SSSR count). The van der Waals surface area contributed by atoms with E-state index in [1.807, 2.05) is 6.07 Å². The summed E-state index contributed by atoms with van der Waals surface area (Å²) in [5, 5.41) is 11.8. The second-order valence-electron chi connectivity index (χ2n) is 6.30. The average molecular weight is 353 g/mol. The zero-order chi connectivity index (χ0) is 16.7. The molecule has 2 aliphatic heterocycles. The second-order valence-corrected chi connectivity index (χ2v) is 6.76. The zero-order valence-electron chi connectivity index (χ0n) is 13.4. The lowest BCUT2D eigenvalue weighted by Gasteiger charge is -2.30. The van der Waals surface area contributed by atoms with Gasteiger partial charge in [0.25, 0.3) is 0 Å². The molecule has 3 aliphatic rings. The summed E-state index contributed by atoms with van der Waals surface area (Å²) in [6.45, 7) is 1.72. The van der Waals surface area contributed by atoms with Crippen LogP contribution in [0.25, 0.3) is 0 Å². The predicted octanol–water partition coefficient (Wildman–Crippen LogP) is 2.68. The van der Waals surface area contributed by atoms with Crippen LogP contribution in [0.3, 0.4) is 0 Å². The molecule has 0 radical (unpaired) electrons. The van der Waals surface area contributed by atoms with Crippen LogP contribution in [0.2, 0.25) is 0 Å². The molecule has 1 aromatic rings. The van der Waals surface area contributed by atoms with Gasteiger partial charge in [-0.15, -0.1) is 4.33 Å². The van der Waals surface area contributed by atoms with Gasteiger partial charge in [-0.3, -0.25) is 9.08 Å². The molecule has 1 N–H and O–H groups in total. The van der Waals surface area contributed by atoms with E-state index in [0.717, 1.165) is 24.6 Å². The summed E-state index contributed by atoms with van der Waals surface area (Å²) < 4.78 is 21.6. The molecular formula is C16H19NO6S. The Hall–Kier alpha value is -1.29. The van der Waals surface area contributed by atoms with Crippen molar-refractivity contribution < 1.29 is 28.3 Å². The van der Waals surface area contributed by atoms with Crippen molar-refractivity contribution in [3.8, 4) is 11.5 Å². The molecule has 7 nitrogen and oxygen atoms in total. The largest absolute Gasteiger partial charge is 0.493 e. The molecule has 0 aromatic heterocycles. The topological polar surface area (TPSA) is 69.6 Å². The van der Waals surface area contributed by atoms with Crippen LogP contribution in [0, 0.1) is 0 Å². The van der Waals surface area contributed by atoms with E-state index < -0.39 is 0 Å². The first-order valence-electron chi connectivity index (χ1n) is 7.77. The highest BCUT2D eigenvalue weighted by Crippen LogP contribution is 2.53. The molecule has 1 aliphatic carbocycles. The molecule has 0 spiro atoms. The predicted molar refractivity (Wildman–Crippen MR) is 86.4 cm³/mol. The minimum atomic E-state index is -0.184. The third kappa shape index (κ3) is 2.69. The quantitative estimate of drug-likeness (QED) is 0.285. The normalized spacial score (nSPS) is 28.0. The van der Waals surface area contributed by atoms with E-state index in [0.29, 0.717) is 18.7 Å². The number of hydrogen-bond donors (Lipinski definition) is 1. The first-order chi connectivity index (χ1) is 11.7. The van der Waals surface area contributed by atoms with Gasteiger partial charge in [0, 0.05) is 31.0 Å². The van der Waals surface area contributed by atoms with E-state index in [4.69, 9.17) is 18.9 Å². The van der Waals surface area contributed by atoms with Crippen molar-refractivity contribution in [3.63, 3.8) is 0 Å². The van der Waals surface area contributed by atoms with Gasteiger partial charge in [0.1, 0.15) is 6.10 Å². The summed E-state index contributed by atoms with van der Waals surface area (Å²) in [4.78, 5) is 2.28. The lowest BCUT2D eigenvalue weighted by Crippen LogP contribution is -2.33. The van der Waals surface area contributed by atoms with Crippen molar-refractivity contribution in [3.05, 3.63) is 34.9 Å². The Morgan fingerprint density at radius 2 is 2.21 bits per heavy atom. The second kappa shape index (κ2) is 6.55. The molecule has 0 amide bonds. The van der Waals surface area contributed by atoms with Crippen LogP contribution in [-0.4, -0.2) is 43.1 Å². The van der Waals surface area contributed by atoms with Crippen molar-refractivity contribution in [2.24, 2.45) is 0 Å². The maximum atomic E-state index is 8.22. The Bertz CT molecular complexity index is 666. The van der Waals surface area contributed by atoms with Crippen LogP contribution >= 0.6 is 12.3 Å². The number of nitrogens with zero attached hydrogens (tertiary/aromatic N) is 1. The Balaban J connectivity index is 1.70. The summed E-state index contributed by atoms with van der Waals surface area (Å²) in [7, 11) is 3.77. The number of rotatable bonds is 5. The minimum absolute atomic E-state index is 0.00203. The molecule has 130 valence electrons. The molecule has 3 atom stereocenters. The molecule has 24 heavy (non-hydrogen) atoms. The number of ether oxygens (including phenoxy) is 2. The summed E-state index contributed by atoms with van der Waals surface area (Å²) in [6, 6.07) is 4.11. The summed E-state index contributed by atoms with van der Waals surface area (Å²) in [5.41, 5.74) is 3.81. The van der Waals surface area contributed by atoms with Crippen LogP contribution in [0.5, 0.6) is 11.5 Å². The van der Waals surface area contributed by atoms with Crippen molar-refractivity contribution in [2.75, 3.05) is 20.7 Å². The van der Waals surface area contributed by atoms with E-state index in [1.165, 1.54) is 16.7 Å². The monoisotopic (exact) mass is 353 g/mol. The van der Waals surface area contributed by atoms with Crippen LogP contribution in [0.1, 0.15) is 23.5 Å². The molecule has 0 fully saturated rings. The fourth-order valence-electron chi connectivity index (χ4n) is 3.99. The smallest absolute Gasteiger partial charge is 0.198 e. The van der Waals surface area contributed by atoms with Gasteiger partial charge in [-0.05, 0) is 24.3 Å². The van der Waals surface area contributed by atoms with Gasteiger partial charge in [0.2, 0.25) is 0 Å². The third-order valence-corrected chi connectivity index (χ3v) is 5.24. The number of hydrogen-bond acceptors (Lipinski definition) is 8. The van der Waals surface area contributed by atoms with Gasteiger partial charge in [0.05, 0.1) is 13.2 Å². The first kappa shape index (κ1) is 16.2. The van der Waals surface area contributed by atoms with Gasteiger partial charge in [-0.2, -0.15) is 0 Å². The average Bonchev–Trinajstić information content (AvgIpc) is 2.88. The molecule has 8 heteroatoms. The fourth-order valence-corrected chi connectivity index (χ4v) is 4.28. The Morgan fingerprint density at radius 1 is 1.33 bits per heavy atom. The molecule has 3 unspecified atom stereocenters. The van der Waals surface area contributed by atoms with Crippen LogP contribution in [-0.2, 0) is 20.1 Å². The number of benzene rings is 1. The van der Waals surface area contributed by atoms with Gasteiger partial charge in [0.15, 0.2) is 23.8 Å².